The summed E-state index contributed by atoms with van der Waals surface area (Å²) >= 11 is 0. The highest BCUT2D eigenvalue weighted by atomic mass is 16.7. The van der Waals surface area contributed by atoms with Gasteiger partial charge in [-0.1, -0.05) is 62.4 Å². The number of hydrogen-bond donors (Lipinski definition) is 3. The number of hydrogen-bond acceptors (Lipinski definition) is 15. The van der Waals surface area contributed by atoms with Crippen molar-refractivity contribution in [1.29, 1.82) is 0 Å². The van der Waals surface area contributed by atoms with E-state index < -0.39 is 119 Å². The van der Waals surface area contributed by atoms with E-state index in [1.807, 2.05) is 0 Å². The molecule has 3 saturated carbocycles. The van der Waals surface area contributed by atoms with Crippen LogP contribution in [0.5, 0.6) is 0 Å². The van der Waals surface area contributed by atoms with Crippen molar-refractivity contribution < 1.29 is 72.1 Å². The summed E-state index contributed by atoms with van der Waals surface area (Å²) in [7, 11) is 0. The summed E-state index contributed by atoms with van der Waals surface area (Å²) in [6.45, 7) is 16.1. The van der Waals surface area contributed by atoms with Crippen molar-refractivity contribution in [3.05, 3.63) is 82.9 Å². The molecule has 16 heteroatoms. The van der Waals surface area contributed by atoms with E-state index in [1.54, 1.807) is 116 Å². The van der Waals surface area contributed by atoms with Crippen LogP contribution in [0.2, 0.25) is 0 Å². The molecule has 3 N–H and O–H groups in total. The van der Waals surface area contributed by atoms with E-state index in [4.69, 9.17) is 37.9 Å². The zero-order valence-electron chi connectivity index (χ0n) is 38.8. The van der Waals surface area contributed by atoms with Gasteiger partial charge in [-0.15, -0.1) is 0 Å². The third-order valence-electron chi connectivity index (χ3n) is 14.1. The molecule has 1 amide bonds. The third-order valence-corrected chi connectivity index (χ3v) is 14.1. The standard InChI is InChI=1S/C49H63NO15/c1-11-58-29(5)61-38(36(30-18-14-12-15-19-30)50-44(56)65-45(6,7)8)43(55)62-33-24-49(57)41(63-42(54)31-20-16-13-17-21-31)39-47(23-32(47)22-34-48(39,25-59-34)64-28(4)52)40(53)37(60-27(3)51)35(26(33)2)46(49,9)10/h12-21,29,32-34,36-41,53,57H,11,22-25H2,1-10H3,(H,50,56)/t29?,32-,33+,34-,36+,37-,38-,39+,40+,41+,47-,48+,49-/m1/s1. The predicted molar refractivity (Wildman–Crippen MR) is 231 cm³/mol. The molecule has 13 atom stereocenters. The van der Waals surface area contributed by atoms with Gasteiger partial charge in [0, 0.05) is 37.7 Å². The van der Waals surface area contributed by atoms with Gasteiger partial charge in [0.2, 0.25) is 0 Å². The molecule has 2 aromatic carbocycles. The molecule has 4 aliphatic carbocycles. The van der Waals surface area contributed by atoms with Crippen molar-refractivity contribution in [2.75, 3.05) is 13.2 Å². The quantitative estimate of drug-likeness (QED) is 0.0957. The molecular weight excluding hydrogens is 843 g/mol. The van der Waals surface area contributed by atoms with Crippen LogP contribution >= 0.6 is 0 Å². The van der Waals surface area contributed by atoms with Gasteiger partial charge in [-0.05, 0) is 89.1 Å². The zero-order valence-corrected chi connectivity index (χ0v) is 38.8. The highest BCUT2D eigenvalue weighted by Gasteiger charge is 2.83. The van der Waals surface area contributed by atoms with Gasteiger partial charge in [0.05, 0.1) is 24.1 Å². The van der Waals surface area contributed by atoms with Crippen LogP contribution in [0.3, 0.4) is 0 Å². The molecule has 0 aromatic heterocycles. The molecule has 4 fully saturated rings. The molecule has 1 spiro atoms. The Labute approximate surface area is 379 Å². The maximum Gasteiger partial charge on any atom is 0.408 e. The fraction of sp³-hybridized carbons (Fsp3) is 0.612. The summed E-state index contributed by atoms with van der Waals surface area (Å²) in [6, 6.07) is 15.6. The highest BCUT2D eigenvalue weighted by molar-refractivity contribution is 5.89. The average Bonchev–Trinajstić information content (AvgIpc) is 3.95. The third kappa shape index (κ3) is 8.68. The van der Waals surface area contributed by atoms with Gasteiger partial charge in [-0.25, -0.2) is 14.4 Å². The maximum atomic E-state index is 15.1. The number of carbonyl (C=O) groups excluding carboxylic acids is 5. The lowest BCUT2D eigenvalue weighted by Crippen LogP contribution is -2.78. The minimum absolute atomic E-state index is 0.125. The first-order valence-electron chi connectivity index (χ1n) is 22.4. The molecule has 2 bridgehead atoms. The van der Waals surface area contributed by atoms with Crippen LogP contribution in [-0.2, 0) is 52.3 Å². The molecule has 2 aromatic rings. The normalized spacial score (nSPS) is 33.3. The predicted octanol–water partition coefficient (Wildman–Crippen LogP) is 5.67. The topological polar surface area (TPSA) is 212 Å². The smallest absolute Gasteiger partial charge is 0.408 e. The Morgan fingerprint density at radius 1 is 0.923 bits per heavy atom. The van der Waals surface area contributed by atoms with Crippen LogP contribution in [0.4, 0.5) is 4.79 Å². The number of alkyl carbamates (subject to hydrolysis) is 1. The number of nitrogens with one attached hydrogen (secondary N) is 1. The molecule has 1 saturated heterocycles. The number of fused-ring (bicyclic) bond motifs is 4. The highest BCUT2D eigenvalue weighted by Crippen LogP contribution is 2.75. The SMILES string of the molecule is CCOC(C)O[C@@H](C(=O)O[C@H]1C[C@@]2(O)[C@@H](OC(=O)c3ccccc3)[C@@H]3[C@]4(OC(C)=O)CO[C@@H]4C[C@@H]4C[C@@]43[C@@H](O)[C@H](OC(C)=O)C(=C1C)C2(C)C)[C@@H](NC(=O)OC(C)(C)C)c1ccccc1. The Kier molecular flexibility index (Phi) is 13.1. The lowest BCUT2D eigenvalue weighted by Gasteiger charge is -2.65. The average molecular weight is 906 g/mol. The van der Waals surface area contributed by atoms with E-state index in [2.05, 4.69) is 5.32 Å². The van der Waals surface area contributed by atoms with Crippen LogP contribution in [-0.4, -0.2) is 113 Å². The number of esters is 4. The molecular formula is C49H63NO15. The van der Waals surface area contributed by atoms with E-state index >= 15 is 4.79 Å². The Morgan fingerprint density at radius 2 is 1.57 bits per heavy atom. The van der Waals surface area contributed by atoms with Gasteiger partial charge in [0.15, 0.2) is 24.1 Å². The number of aliphatic hydroxyl groups excluding tert-OH is 1. The maximum absolute atomic E-state index is 15.1. The van der Waals surface area contributed by atoms with Gasteiger partial charge < -0.3 is 53.4 Å². The van der Waals surface area contributed by atoms with Crippen molar-refractivity contribution in [3.63, 3.8) is 0 Å². The Hall–Kier alpha value is -4.87. The fourth-order valence-corrected chi connectivity index (χ4v) is 11.3. The molecule has 65 heavy (non-hydrogen) atoms. The van der Waals surface area contributed by atoms with Gasteiger partial charge in [-0.3, -0.25) is 9.59 Å². The molecule has 1 heterocycles. The molecule has 5 aliphatic rings. The van der Waals surface area contributed by atoms with E-state index in [0.717, 1.165) is 0 Å². The van der Waals surface area contributed by atoms with Gasteiger partial charge in [0.25, 0.3) is 0 Å². The number of ether oxygens (including phenoxy) is 8. The van der Waals surface area contributed by atoms with Crippen LogP contribution in [0.1, 0.15) is 110 Å². The van der Waals surface area contributed by atoms with Gasteiger partial charge >= 0.3 is 30.0 Å². The van der Waals surface area contributed by atoms with Crippen molar-refractivity contribution in [1.82, 2.24) is 5.32 Å². The minimum Gasteiger partial charge on any atom is -0.456 e. The molecule has 1 unspecified atom stereocenters. The lowest BCUT2D eigenvalue weighted by atomic mass is 9.48. The van der Waals surface area contributed by atoms with E-state index in [1.165, 1.54) is 13.8 Å². The summed E-state index contributed by atoms with van der Waals surface area (Å²) in [5.74, 6) is -4.53. The first kappa shape index (κ1) is 48.1. The van der Waals surface area contributed by atoms with Crippen molar-refractivity contribution in [3.8, 4) is 0 Å². The largest absolute Gasteiger partial charge is 0.456 e. The summed E-state index contributed by atoms with van der Waals surface area (Å²) in [5.41, 5.74) is -6.04. The Morgan fingerprint density at radius 3 is 2.14 bits per heavy atom. The first-order chi connectivity index (χ1) is 30.5. The summed E-state index contributed by atoms with van der Waals surface area (Å²) < 4.78 is 49.1. The lowest BCUT2D eigenvalue weighted by molar-refractivity contribution is -0.335. The van der Waals surface area contributed by atoms with Crippen molar-refractivity contribution in [2.45, 2.75) is 154 Å². The van der Waals surface area contributed by atoms with Crippen molar-refractivity contribution >= 4 is 30.0 Å². The monoisotopic (exact) mass is 905 g/mol. The van der Waals surface area contributed by atoms with Crippen molar-refractivity contribution in [2.24, 2.45) is 22.7 Å². The summed E-state index contributed by atoms with van der Waals surface area (Å²) in [5, 5.41) is 29.7. The molecule has 7 rings (SSSR count). The van der Waals surface area contributed by atoms with Crippen LogP contribution in [0.15, 0.2) is 71.8 Å². The van der Waals surface area contributed by atoms with Gasteiger partial charge in [0.1, 0.15) is 35.6 Å². The zero-order chi connectivity index (χ0) is 47.4. The first-order valence-corrected chi connectivity index (χ1v) is 22.4. The Bertz CT molecular complexity index is 2170. The van der Waals surface area contributed by atoms with Crippen LogP contribution < -0.4 is 5.32 Å². The van der Waals surface area contributed by atoms with Crippen LogP contribution in [0, 0.1) is 22.7 Å². The Balaban J connectivity index is 1.40. The number of rotatable bonds is 13. The second-order valence-electron chi connectivity index (χ2n) is 19.6. The van der Waals surface area contributed by atoms with Gasteiger partial charge in [-0.2, -0.15) is 0 Å². The fourth-order valence-electron chi connectivity index (χ4n) is 11.3. The number of aliphatic hydroxyl groups is 2. The molecule has 16 nitrogen and oxygen atoms in total. The van der Waals surface area contributed by atoms with E-state index in [9.17, 15) is 29.4 Å². The number of carbonyl (C=O) groups is 5. The number of amides is 1. The summed E-state index contributed by atoms with van der Waals surface area (Å²) in [4.78, 5) is 69.2. The molecule has 0 radical (unpaired) electrons. The number of benzene rings is 2. The second-order valence-corrected chi connectivity index (χ2v) is 19.6. The van der Waals surface area contributed by atoms with E-state index in [-0.39, 0.29) is 30.3 Å². The minimum atomic E-state index is -2.20. The second kappa shape index (κ2) is 17.7. The van der Waals surface area contributed by atoms with Crippen LogP contribution in [0.25, 0.3) is 0 Å². The summed E-state index contributed by atoms with van der Waals surface area (Å²) in [6.07, 6.45) is -9.54. The van der Waals surface area contributed by atoms with E-state index in [0.29, 0.717) is 24.0 Å². The molecule has 1 aliphatic heterocycles. The molecule has 354 valence electrons.